The van der Waals surface area contributed by atoms with Crippen molar-refractivity contribution in [3.05, 3.63) is 0 Å². The smallest absolute Gasteiger partial charge is 0.395 e. The maximum absolute atomic E-state index is 12.2. The first-order chi connectivity index (χ1) is 7.29. The molecular formula is C6H9F6NO3S. The van der Waals surface area contributed by atoms with Crippen molar-refractivity contribution in [1.29, 1.82) is 0 Å². The summed E-state index contributed by atoms with van der Waals surface area (Å²) in [6, 6.07) is -2.70. The molecule has 0 rings (SSSR count). The molecule has 1 atom stereocenters. The highest BCUT2D eigenvalue weighted by molar-refractivity contribution is 7.88. The number of rotatable bonds is 4. The molecule has 0 aliphatic heterocycles. The van der Waals surface area contributed by atoms with E-state index in [0.717, 1.165) is 4.72 Å². The van der Waals surface area contributed by atoms with Gasteiger partial charge in [-0.1, -0.05) is 0 Å². The Kier molecular flexibility index (Phi) is 4.82. The minimum absolute atomic E-state index is 0.388. The molecule has 0 spiro atoms. The van der Waals surface area contributed by atoms with Crippen molar-refractivity contribution >= 4 is 10.0 Å². The Hall–Kier alpha value is -0.550. The third kappa shape index (κ3) is 5.55. The molecule has 1 unspecified atom stereocenters. The number of aliphatic hydroxyl groups excluding tert-OH is 1. The van der Waals surface area contributed by atoms with E-state index in [-0.39, 0.29) is 0 Å². The highest BCUT2D eigenvalue weighted by atomic mass is 32.2. The van der Waals surface area contributed by atoms with E-state index in [4.69, 9.17) is 5.11 Å². The molecule has 104 valence electrons. The molecule has 0 aliphatic carbocycles. The number of hydrogen-bond donors (Lipinski definition) is 2. The molecule has 4 nitrogen and oxygen atoms in total. The number of sulfonamides is 1. The van der Waals surface area contributed by atoms with Gasteiger partial charge in [0.25, 0.3) is 0 Å². The van der Waals surface area contributed by atoms with Gasteiger partial charge in [-0.15, -0.1) is 0 Å². The minimum Gasteiger partial charge on any atom is -0.395 e. The number of aliphatic hydroxyl groups is 1. The summed E-state index contributed by atoms with van der Waals surface area (Å²) in [5, 5.41) is 8.46. The number of halogens is 6. The van der Waals surface area contributed by atoms with Crippen LogP contribution >= 0.6 is 0 Å². The van der Waals surface area contributed by atoms with Crippen LogP contribution in [0.25, 0.3) is 0 Å². The van der Waals surface area contributed by atoms with Gasteiger partial charge in [0.05, 0.1) is 18.9 Å². The van der Waals surface area contributed by atoms with Crippen molar-refractivity contribution in [3.63, 3.8) is 0 Å². The standard InChI is InChI=1S/C6H9F6NO3S/c1-17(15,16)13-3(2-14)4(5(7,8)9)6(10,11)12/h3-4,13-14H,2H2,1H3. The lowest BCUT2D eigenvalue weighted by Gasteiger charge is -2.29. The molecule has 17 heavy (non-hydrogen) atoms. The van der Waals surface area contributed by atoms with Crippen molar-refractivity contribution in [2.24, 2.45) is 5.92 Å². The van der Waals surface area contributed by atoms with Crippen LogP contribution in [0.4, 0.5) is 26.3 Å². The van der Waals surface area contributed by atoms with Crippen LogP contribution in [0.2, 0.25) is 0 Å². The Labute approximate surface area is 92.7 Å². The van der Waals surface area contributed by atoms with Crippen LogP contribution in [0.15, 0.2) is 0 Å². The van der Waals surface area contributed by atoms with E-state index < -0.39 is 40.9 Å². The van der Waals surface area contributed by atoms with Gasteiger partial charge in [-0.2, -0.15) is 26.3 Å². The lowest BCUT2D eigenvalue weighted by atomic mass is 10.00. The van der Waals surface area contributed by atoms with Gasteiger partial charge in [-0.05, 0) is 0 Å². The molecule has 0 fully saturated rings. The maximum atomic E-state index is 12.2. The van der Waals surface area contributed by atoms with Gasteiger partial charge in [-0.25, -0.2) is 13.1 Å². The van der Waals surface area contributed by atoms with Crippen LogP contribution < -0.4 is 4.72 Å². The van der Waals surface area contributed by atoms with Gasteiger partial charge >= 0.3 is 12.4 Å². The van der Waals surface area contributed by atoms with Gasteiger partial charge in [0.1, 0.15) is 0 Å². The van der Waals surface area contributed by atoms with Gasteiger partial charge in [0.15, 0.2) is 5.92 Å². The van der Waals surface area contributed by atoms with E-state index in [1.807, 2.05) is 0 Å². The van der Waals surface area contributed by atoms with Crippen molar-refractivity contribution in [3.8, 4) is 0 Å². The molecule has 0 aliphatic rings. The predicted octanol–water partition coefficient (Wildman–Crippen LogP) is 0.637. The van der Waals surface area contributed by atoms with E-state index in [1.165, 1.54) is 0 Å². The summed E-state index contributed by atoms with van der Waals surface area (Å²) in [5.41, 5.74) is 0. The Balaban J connectivity index is 5.29. The van der Waals surface area contributed by atoms with Crippen LogP contribution in [-0.2, 0) is 10.0 Å². The van der Waals surface area contributed by atoms with Crippen molar-refractivity contribution in [2.45, 2.75) is 18.4 Å². The van der Waals surface area contributed by atoms with E-state index >= 15 is 0 Å². The zero-order chi connectivity index (χ0) is 14.1. The van der Waals surface area contributed by atoms with Crippen LogP contribution in [0.3, 0.4) is 0 Å². The fraction of sp³-hybridized carbons (Fsp3) is 1.00. The fourth-order valence-electron chi connectivity index (χ4n) is 1.13. The molecule has 0 bridgehead atoms. The number of hydrogen-bond acceptors (Lipinski definition) is 3. The third-order valence-electron chi connectivity index (χ3n) is 1.67. The molecule has 0 aromatic heterocycles. The van der Waals surface area contributed by atoms with Crippen molar-refractivity contribution in [2.75, 3.05) is 12.9 Å². The molecule has 0 heterocycles. The Morgan fingerprint density at radius 3 is 1.65 bits per heavy atom. The maximum Gasteiger partial charge on any atom is 0.402 e. The fourth-order valence-corrected chi connectivity index (χ4v) is 1.89. The third-order valence-corrected chi connectivity index (χ3v) is 2.40. The summed E-state index contributed by atoms with van der Waals surface area (Å²) in [5.74, 6) is -3.96. The monoisotopic (exact) mass is 289 g/mol. The largest absolute Gasteiger partial charge is 0.402 e. The summed E-state index contributed by atoms with van der Waals surface area (Å²) in [4.78, 5) is 0. The SMILES string of the molecule is CS(=O)(=O)NC(CO)C(C(F)(F)F)C(F)(F)F. The van der Waals surface area contributed by atoms with E-state index in [2.05, 4.69) is 0 Å². The quantitative estimate of drug-likeness (QED) is 0.746. The van der Waals surface area contributed by atoms with Gasteiger partial charge in [0.2, 0.25) is 10.0 Å². The molecule has 2 N–H and O–H groups in total. The van der Waals surface area contributed by atoms with E-state index in [9.17, 15) is 34.8 Å². The second kappa shape index (κ2) is 4.98. The van der Waals surface area contributed by atoms with Crippen LogP contribution in [0.5, 0.6) is 0 Å². The summed E-state index contributed by atoms with van der Waals surface area (Å²) in [6.07, 6.45) is -11.0. The van der Waals surface area contributed by atoms with Crippen molar-refractivity contribution < 1.29 is 39.9 Å². The second-order valence-electron chi connectivity index (χ2n) is 3.24. The van der Waals surface area contributed by atoms with Gasteiger partial charge < -0.3 is 5.11 Å². The normalized spacial score (nSPS) is 16.3. The molecule has 0 amide bonds. The average Bonchev–Trinajstić information content (AvgIpc) is 1.94. The van der Waals surface area contributed by atoms with Crippen molar-refractivity contribution in [1.82, 2.24) is 4.72 Å². The lowest BCUT2D eigenvalue weighted by molar-refractivity contribution is -0.292. The van der Waals surface area contributed by atoms with E-state index in [0.29, 0.717) is 6.26 Å². The Morgan fingerprint density at radius 1 is 1.12 bits per heavy atom. The molecule has 0 aromatic carbocycles. The Bertz CT molecular complexity index is 334. The van der Waals surface area contributed by atoms with Crippen LogP contribution in [0.1, 0.15) is 0 Å². The zero-order valence-electron chi connectivity index (χ0n) is 8.30. The summed E-state index contributed by atoms with van der Waals surface area (Å²) < 4.78 is 95.3. The second-order valence-corrected chi connectivity index (χ2v) is 5.02. The summed E-state index contributed by atoms with van der Waals surface area (Å²) in [7, 11) is -4.31. The summed E-state index contributed by atoms with van der Waals surface area (Å²) in [6.45, 7) is -1.63. The average molecular weight is 289 g/mol. The Morgan fingerprint density at radius 2 is 1.47 bits per heavy atom. The highest BCUT2D eigenvalue weighted by Crippen LogP contribution is 2.41. The van der Waals surface area contributed by atoms with Crippen LogP contribution in [-0.4, -0.2) is 44.8 Å². The topological polar surface area (TPSA) is 66.4 Å². The van der Waals surface area contributed by atoms with Crippen LogP contribution in [0, 0.1) is 5.92 Å². The van der Waals surface area contributed by atoms with E-state index in [1.54, 1.807) is 0 Å². The summed E-state index contributed by atoms with van der Waals surface area (Å²) >= 11 is 0. The first-order valence-corrected chi connectivity index (χ1v) is 5.89. The van der Waals surface area contributed by atoms with Gasteiger partial charge in [-0.3, -0.25) is 0 Å². The molecule has 0 radical (unpaired) electrons. The number of nitrogens with one attached hydrogen (secondary N) is 1. The molecule has 0 saturated carbocycles. The highest BCUT2D eigenvalue weighted by Gasteiger charge is 2.60. The molecular weight excluding hydrogens is 280 g/mol. The first-order valence-electron chi connectivity index (χ1n) is 4.00. The number of alkyl halides is 6. The first kappa shape index (κ1) is 16.4. The molecule has 0 aromatic rings. The zero-order valence-corrected chi connectivity index (χ0v) is 9.12. The molecule has 11 heteroatoms. The molecule has 0 saturated heterocycles. The predicted molar refractivity (Wildman–Crippen MR) is 44.5 cm³/mol. The lowest BCUT2D eigenvalue weighted by Crippen LogP contribution is -2.53. The van der Waals surface area contributed by atoms with Gasteiger partial charge in [0, 0.05) is 0 Å². The minimum atomic E-state index is -5.72.